The number of benzene rings is 1. The molecule has 0 spiro atoms. The van der Waals surface area contributed by atoms with Gasteiger partial charge in [-0.2, -0.15) is 0 Å². The van der Waals surface area contributed by atoms with Gasteiger partial charge in [0.05, 0.1) is 19.2 Å². The van der Waals surface area contributed by atoms with E-state index in [4.69, 9.17) is 4.42 Å². The summed E-state index contributed by atoms with van der Waals surface area (Å²) in [6.45, 7) is 0.368. The number of carbonyl (C=O) groups is 1. The lowest BCUT2D eigenvalue weighted by Gasteiger charge is -2.03. The fourth-order valence-electron chi connectivity index (χ4n) is 1.45. The molecule has 88 valence electrons. The van der Waals surface area contributed by atoms with Crippen LogP contribution >= 0.6 is 0 Å². The smallest absolute Gasteiger partial charge is 0.224 e. The minimum Gasteiger partial charge on any atom is -0.467 e. The van der Waals surface area contributed by atoms with Gasteiger partial charge in [-0.1, -0.05) is 12.1 Å². The van der Waals surface area contributed by atoms with Crippen molar-refractivity contribution in [1.82, 2.24) is 5.32 Å². The molecule has 1 N–H and O–H groups in total. The van der Waals surface area contributed by atoms with E-state index in [0.717, 1.165) is 5.56 Å². The fraction of sp³-hybridized carbons (Fsp3) is 0.154. The van der Waals surface area contributed by atoms with Crippen LogP contribution in [0.3, 0.4) is 0 Å². The van der Waals surface area contributed by atoms with Crippen molar-refractivity contribution < 1.29 is 13.6 Å². The van der Waals surface area contributed by atoms with Gasteiger partial charge in [0.25, 0.3) is 0 Å². The highest BCUT2D eigenvalue weighted by molar-refractivity contribution is 5.78. The summed E-state index contributed by atoms with van der Waals surface area (Å²) in [6, 6.07) is 9.44. The molecule has 0 atom stereocenters. The van der Waals surface area contributed by atoms with Crippen LogP contribution in [0.15, 0.2) is 47.1 Å². The highest BCUT2D eigenvalue weighted by Gasteiger charge is 2.04. The first-order chi connectivity index (χ1) is 8.24. The van der Waals surface area contributed by atoms with Crippen LogP contribution in [0.2, 0.25) is 0 Å². The molecule has 0 saturated heterocycles. The molecule has 0 saturated carbocycles. The van der Waals surface area contributed by atoms with E-state index < -0.39 is 0 Å². The average molecular weight is 233 g/mol. The Morgan fingerprint density at radius 2 is 2.00 bits per heavy atom. The van der Waals surface area contributed by atoms with Crippen LogP contribution in [0, 0.1) is 5.82 Å². The van der Waals surface area contributed by atoms with Gasteiger partial charge in [0.1, 0.15) is 11.6 Å². The van der Waals surface area contributed by atoms with Crippen molar-refractivity contribution in [3.05, 3.63) is 59.8 Å². The first kappa shape index (κ1) is 11.4. The molecule has 17 heavy (non-hydrogen) atoms. The predicted molar refractivity (Wildman–Crippen MR) is 60.7 cm³/mol. The number of nitrogens with one attached hydrogen (secondary N) is 1. The quantitative estimate of drug-likeness (QED) is 0.880. The molecule has 0 unspecified atom stereocenters. The number of halogens is 1. The van der Waals surface area contributed by atoms with Crippen LogP contribution < -0.4 is 5.32 Å². The van der Waals surface area contributed by atoms with Crippen LogP contribution in [0.5, 0.6) is 0 Å². The van der Waals surface area contributed by atoms with Gasteiger partial charge < -0.3 is 9.73 Å². The van der Waals surface area contributed by atoms with Crippen molar-refractivity contribution in [3.63, 3.8) is 0 Å². The largest absolute Gasteiger partial charge is 0.467 e. The number of hydrogen-bond donors (Lipinski definition) is 1. The van der Waals surface area contributed by atoms with Crippen molar-refractivity contribution in [2.24, 2.45) is 0 Å². The summed E-state index contributed by atoms with van der Waals surface area (Å²) in [4.78, 5) is 11.5. The second-order valence-electron chi connectivity index (χ2n) is 3.66. The van der Waals surface area contributed by atoms with Gasteiger partial charge in [-0.05, 0) is 29.8 Å². The third-order valence-corrected chi connectivity index (χ3v) is 2.32. The zero-order valence-electron chi connectivity index (χ0n) is 9.15. The maximum atomic E-state index is 12.6. The Morgan fingerprint density at radius 3 is 2.65 bits per heavy atom. The molecule has 4 heteroatoms. The van der Waals surface area contributed by atoms with Crippen LogP contribution in [-0.4, -0.2) is 5.91 Å². The van der Waals surface area contributed by atoms with Crippen molar-refractivity contribution >= 4 is 5.91 Å². The average Bonchev–Trinajstić information content (AvgIpc) is 2.83. The molecule has 1 heterocycles. The van der Waals surface area contributed by atoms with Crippen LogP contribution in [-0.2, 0) is 17.8 Å². The summed E-state index contributed by atoms with van der Waals surface area (Å²) < 4.78 is 17.7. The van der Waals surface area contributed by atoms with Crippen LogP contribution in [0.1, 0.15) is 11.3 Å². The lowest BCUT2D eigenvalue weighted by atomic mass is 10.1. The van der Waals surface area contributed by atoms with Gasteiger partial charge in [0.2, 0.25) is 5.91 Å². The van der Waals surface area contributed by atoms with E-state index in [1.54, 1.807) is 30.5 Å². The van der Waals surface area contributed by atoms with E-state index in [1.165, 1.54) is 12.1 Å². The van der Waals surface area contributed by atoms with Gasteiger partial charge in [0, 0.05) is 0 Å². The van der Waals surface area contributed by atoms with E-state index in [1.807, 2.05) is 0 Å². The summed E-state index contributed by atoms with van der Waals surface area (Å²) in [5.74, 6) is 0.287. The lowest BCUT2D eigenvalue weighted by molar-refractivity contribution is -0.120. The summed E-state index contributed by atoms with van der Waals surface area (Å²) in [5.41, 5.74) is 0.781. The SMILES string of the molecule is O=C(Cc1ccc(F)cc1)NCc1ccco1. The van der Waals surface area contributed by atoms with Gasteiger partial charge >= 0.3 is 0 Å². The van der Waals surface area contributed by atoms with Crippen molar-refractivity contribution in [2.75, 3.05) is 0 Å². The van der Waals surface area contributed by atoms with E-state index in [2.05, 4.69) is 5.32 Å². The zero-order valence-corrected chi connectivity index (χ0v) is 9.15. The molecular weight excluding hydrogens is 221 g/mol. The first-order valence-electron chi connectivity index (χ1n) is 5.27. The van der Waals surface area contributed by atoms with Crippen LogP contribution in [0.25, 0.3) is 0 Å². The molecule has 1 aromatic heterocycles. The Labute approximate surface area is 98.3 Å². The Bertz CT molecular complexity index is 477. The molecule has 2 rings (SSSR count). The fourth-order valence-corrected chi connectivity index (χ4v) is 1.45. The van der Waals surface area contributed by atoms with Crippen molar-refractivity contribution in [2.45, 2.75) is 13.0 Å². The summed E-state index contributed by atoms with van der Waals surface area (Å²) >= 11 is 0. The molecule has 0 aliphatic carbocycles. The molecule has 1 amide bonds. The molecule has 0 radical (unpaired) electrons. The minimum atomic E-state index is -0.301. The maximum absolute atomic E-state index is 12.6. The second-order valence-corrected chi connectivity index (χ2v) is 3.66. The molecule has 0 aliphatic rings. The summed E-state index contributed by atoms with van der Waals surface area (Å²) in [6.07, 6.45) is 1.79. The minimum absolute atomic E-state index is 0.118. The Balaban J connectivity index is 1.83. The summed E-state index contributed by atoms with van der Waals surface area (Å²) in [7, 11) is 0. The molecule has 1 aromatic carbocycles. The van der Waals surface area contributed by atoms with Gasteiger partial charge in [-0.15, -0.1) is 0 Å². The van der Waals surface area contributed by atoms with E-state index in [0.29, 0.717) is 12.3 Å². The van der Waals surface area contributed by atoms with Crippen LogP contribution in [0.4, 0.5) is 4.39 Å². The Hall–Kier alpha value is -2.10. The highest BCUT2D eigenvalue weighted by Crippen LogP contribution is 2.04. The Kier molecular flexibility index (Phi) is 3.55. The third-order valence-electron chi connectivity index (χ3n) is 2.32. The van der Waals surface area contributed by atoms with Gasteiger partial charge in [0.15, 0.2) is 0 Å². The highest BCUT2D eigenvalue weighted by atomic mass is 19.1. The lowest BCUT2D eigenvalue weighted by Crippen LogP contribution is -2.24. The molecule has 2 aromatic rings. The number of amides is 1. The van der Waals surface area contributed by atoms with Crippen molar-refractivity contribution in [3.8, 4) is 0 Å². The molecule has 3 nitrogen and oxygen atoms in total. The van der Waals surface area contributed by atoms with E-state index in [-0.39, 0.29) is 18.1 Å². The Morgan fingerprint density at radius 1 is 1.24 bits per heavy atom. The molecular formula is C13H12FNO2. The predicted octanol–water partition coefficient (Wildman–Crippen LogP) is 2.28. The molecule has 0 fully saturated rings. The van der Waals surface area contributed by atoms with Crippen molar-refractivity contribution in [1.29, 1.82) is 0 Å². The maximum Gasteiger partial charge on any atom is 0.224 e. The van der Waals surface area contributed by atoms with Gasteiger partial charge in [-0.3, -0.25) is 4.79 Å². The van der Waals surface area contributed by atoms with E-state index in [9.17, 15) is 9.18 Å². The standard InChI is InChI=1S/C13H12FNO2/c14-11-5-3-10(4-6-11)8-13(16)15-9-12-2-1-7-17-12/h1-7H,8-9H2,(H,15,16). The molecule has 0 bridgehead atoms. The monoisotopic (exact) mass is 233 g/mol. The second kappa shape index (κ2) is 5.30. The summed E-state index contributed by atoms with van der Waals surface area (Å²) in [5, 5.41) is 2.72. The zero-order chi connectivity index (χ0) is 12.1. The normalized spacial score (nSPS) is 10.2. The van der Waals surface area contributed by atoms with Gasteiger partial charge in [-0.25, -0.2) is 4.39 Å². The van der Waals surface area contributed by atoms with E-state index >= 15 is 0 Å². The number of furan rings is 1. The number of carbonyl (C=O) groups excluding carboxylic acids is 1. The molecule has 0 aliphatic heterocycles. The first-order valence-corrected chi connectivity index (χ1v) is 5.27. The third kappa shape index (κ3) is 3.45. The number of rotatable bonds is 4. The number of hydrogen-bond acceptors (Lipinski definition) is 2. The topological polar surface area (TPSA) is 42.2 Å².